The van der Waals surface area contributed by atoms with Crippen LogP contribution in [0.15, 0.2) is 42.0 Å². The lowest BCUT2D eigenvalue weighted by molar-refractivity contribution is -0.122. The fraction of sp³-hybridized carbons (Fsp3) is 0.190. The van der Waals surface area contributed by atoms with E-state index in [-0.39, 0.29) is 5.57 Å². The van der Waals surface area contributed by atoms with E-state index in [2.05, 4.69) is 27.9 Å². The van der Waals surface area contributed by atoms with Crippen LogP contribution in [0.4, 0.5) is 10.5 Å². The minimum Gasteiger partial charge on any atom is -0.494 e. The zero-order valence-corrected chi connectivity index (χ0v) is 18.7. The largest absolute Gasteiger partial charge is 0.494 e. The molecule has 1 N–H and O–H groups in total. The molecule has 1 aliphatic heterocycles. The van der Waals surface area contributed by atoms with E-state index in [1.165, 1.54) is 20.3 Å². The zero-order chi connectivity index (χ0) is 21.8. The third-order valence-electron chi connectivity index (χ3n) is 4.27. The van der Waals surface area contributed by atoms with Gasteiger partial charge in [0, 0.05) is 0 Å². The van der Waals surface area contributed by atoms with Crippen LogP contribution >= 0.6 is 22.6 Å². The predicted molar refractivity (Wildman–Crippen MR) is 119 cm³/mol. The first kappa shape index (κ1) is 21.6. The number of benzene rings is 2. The molecule has 1 aliphatic rings. The monoisotopic (exact) mass is 522 g/mol. The average molecular weight is 522 g/mol. The summed E-state index contributed by atoms with van der Waals surface area (Å²) in [6, 6.07) is 9.03. The third kappa shape index (κ3) is 4.25. The quantitative estimate of drug-likeness (QED) is 0.355. The molecule has 0 saturated carbocycles. The van der Waals surface area contributed by atoms with Gasteiger partial charge in [0.2, 0.25) is 0 Å². The Balaban J connectivity index is 1.99. The molecule has 0 unspecified atom stereocenters. The van der Waals surface area contributed by atoms with Crippen LogP contribution in [0.3, 0.4) is 0 Å². The Labute approximate surface area is 186 Å². The van der Waals surface area contributed by atoms with Crippen molar-refractivity contribution in [2.24, 2.45) is 0 Å². The molecule has 0 aliphatic carbocycles. The third-order valence-corrected chi connectivity index (χ3v) is 5.08. The highest BCUT2D eigenvalue weighted by molar-refractivity contribution is 14.1. The van der Waals surface area contributed by atoms with E-state index in [9.17, 15) is 14.4 Å². The Bertz CT molecular complexity index is 1030. The fourth-order valence-corrected chi connectivity index (χ4v) is 3.78. The molecule has 0 bridgehead atoms. The number of methoxy groups -OCH3 is 2. The summed E-state index contributed by atoms with van der Waals surface area (Å²) in [5, 5.41) is 2.20. The molecule has 9 heteroatoms. The summed E-state index contributed by atoms with van der Waals surface area (Å²) < 4.78 is 16.7. The first-order chi connectivity index (χ1) is 14.4. The van der Waals surface area contributed by atoms with Gasteiger partial charge in [-0.1, -0.05) is 0 Å². The number of barbiturate groups is 1. The smallest absolute Gasteiger partial charge is 0.335 e. The summed E-state index contributed by atoms with van der Waals surface area (Å²) in [4.78, 5) is 38.6. The summed E-state index contributed by atoms with van der Waals surface area (Å²) in [6.45, 7) is 2.35. The first-order valence-corrected chi connectivity index (χ1v) is 10.0. The number of urea groups is 1. The molecule has 3 rings (SSSR count). The summed E-state index contributed by atoms with van der Waals surface area (Å²) in [7, 11) is 3.02. The number of anilines is 1. The van der Waals surface area contributed by atoms with Gasteiger partial charge in [0.05, 0.1) is 30.1 Å². The molecule has 2 aromatic carbocycles. The van der Waals surface area contributed by atoms with Crippen LogP contribution in [-0.2, 0) is 9.59 Å². The minimum absolute atomic E-state index is 0.175. The number of hydrogen-bond acceptors (Lipinski definition) is 6. The molecule has 0 atom stereocenters. The molecule has 1 fully saturated rings. The molecule has 4 amide bonds. The lowest BCUT2D eigenvalue weighted by atomic mass is 10.1. The number of carbonyl (C=O) groups excluding carboxylic acids is 3. The van der Waals surface area contributed by atoms with Gasteiger partial charge in [0.25, 0.3) is 11.8 Å². The molecule has 156 valence electrons. The fourth-order valence-electron chi connectivity index (χ4n) is 2.94. The van der Waals surface area contributed by atoms with Gasteiger partial charge in [-0.15, -0.1) is 0 Å². The van der Waals surface area contributed by atoms with Crippen molar-refractivity contribution in [1.29, 1.82) is 0 Å². The number of rotatable bonds is 6. The van der Waals surface area contributed by atoms with Crippen LogP contribution in [0.5, 0.6) is 17.2 Å². The van der Waals surface area contributed by atoms with E-state index in [4.69, 9.17) is 14.2 Å². The average Bonchev–Trinajstić information content (AvgIpc) is 2.72. The van der Waals surface area contributed by atoms with Crippen molar-refractivity contribution >= 4 is 52.2 Å². The highest BCUT2D eigenvalue weighted by Gasteiger charge is 2.36. The first-order valence-electron chi connectivity index (χ1n) is 8.95. The zero-order valence-electron chi connectivity index (χ0n) is 16.5. The Kier molecular flexibility index (Phi) is 6.60. The van der Waals surface area contributed by atoms with Gasteiger partial charge < -0.3 is 14.2 Å². The second-order valence-electron chi connectivity index (χ2n) is 6.12. The van der Waals surface area contributed by atoms with Gasteiger partial charge in [-0.05, 0) is 77.6 Å². The lowest BCUT2D eigenvalue weighted by Gasteiger charge is -2.26. The summed E-state index contributed by atoms with van der Waals surface area (Å²) >= 11 is 2.07. The summed E-state index contributed by atoms with van der Waals surface area (Å²) in [5.74, 6) is 0.123. The molecular weight excluding hydrogens is 503 g/mol. The van der Waals surface area contributed by atoms with Crippen molar-refractivity contribution in [3.8, 4) is 17.2 Å². The van der Waals surface area contributed by atoms with Crippen molar-refractivity contribution < 1.29 is 28.6 Å². The second-order valence-corrected chi connectivity index (χ2v) is 7.29. The van der Waals surface area contributed by atoms with Crippen LogP contribution < -0.4 is 24.4 Å². The molecule has 1 saturated heterocycles. The maximum absolute atomic E-state index is 13.0. The number of amides is 4. The molecule has 0 aromatic heterocycles. The molecule has 2 aromatic rings. The van der Waals surface area contributed by atoms with Crippen molar-refractivity contribution in [3.63, 3.8) is 0 Å². The van der Waals surface area contributed by atoms with Crippen molar-refractivity contribution in [3.05, 3.63) is 51.1 Å². The normalized spacial score (nSPS) is 15.3. The lowest BCUT2D eigenvalue weighted by Crippen LogP contribution is -2.54. The number of carbonyl (C=O) groups is 3. The molecule has 0 radical (unpaired) electrons. The van der Waals surface area contributed by atoms with E-state index < -0.39 is 17.8 Å². The number of hydrogen-bond donors (Lipinski definition) is 1. The van der Waals surface area contributed by atoms with Gasteiger partial charge in [-0.3, -0.25) is 14.9 Å². The van der Waals surface area contributed by atoms with Gasteiger partial charge in [0.1, 0.15) is 11.3 Å². The van der Waals surface area contributed by atoms with Gasteiger partial charge in [-0.25, -0.2) is 9.69 Å². The van der Waals surface area contributed by atoms with E-state index in [1.54, 1.807) is 36.4 Å². The molecule has 0 spiro atoms. The number of halogens is 1. The Morgan fingerprint density at radius 2 is 1.77 bits per heavy atom. The molecule has 30 heavy (non-hydrogen) atoms. The highest BCUT2D eigenvalue weighted by atomic mass is 127. The highest BCUT2D eigenvalue weighted by Crippen LogP contribution is 2.34. The van der Waals surface area contributed by atoms with Gasteiger partial charge >= 0.3 is 6.03 Å². The number of nitrogens with one attached hydrogen (secondary N) is 1. The van der Waals surface area contributed by atoms with Crippen LogP contribution in [-0.4, -0.2) is 38.7 Å². The minimum atomic E-state index is -0.812. The van der Waals surface area contributed by atoms with E-state index in [1.807, 2.05) is 6.92 Å². The van der Waals surface area contributed by atoms with Crippen LogP contribution in [0.1, 0.15) is 12.5 Å². The van der Waals surface area contributed by atoms with Crippen LogP contribution in [0.25, 0.3) is 6.08 Å². The summed E-state index contributed by atoms with van der Waals surface area (Å²) in [6.07, 6.45) is 1.41. The maximum atomic E-state index is 13.0. The summed E-state index contributed by atoms with van der Waals surface area (Å²) in [5.41, 5.74) is 0.698. The predicted octanol–water partition coefficient (Wildman–Crippen LogP) is 3.37. The Hall–Kier alpha value is -3.08. The molecule has 8 nitrogen and oxygen atoms in total. The maximum Gasteiger partial charge on any atom is 0.335 e. The van der Waals surface area contributed by atoms with Crippen LogP contribution in [0, 0.1) is 3.57 Å². The van der Waals surface area contributed by atoms with E-state index in [0.717, 1.165) is 8.47 Å². The second kappa shape index (κ2) is 9.16. The topological polar surface area (TPSA) is 94.2 Å². The molecular formula is C21H19IN2O6. The Morgan fingerprint density at radius 3 is 2.37 bits per heavy atom. The van der Waals surface area contributed by atoms with E-state index in [0.29, 0.717) is 35.1 Å². The molecule has 1 heterocycles. The van der Waals surface area contributed by atoms with Crippen LogP contribution in [0.2, 0.25) is 0 Å². The van der Waals surface area contributed by atoms with E-state index >= 15 is 0 Å². The SMILES string of the molecule is CCOc1ccc(N2C(=O)NC(=O)C(=Cc3cc(I)c(OC)c(OC)c3)C2=O)cc1. The van der Waals surface area contributed by atoms with Gasteiger partial charge in [-0.2, -0.15) is 0 Å². The number of ether oxygens (including phenoxy) is 3. The van der Waals surface area contributed by atoms with Crippen molar-refractivity contribution in [2.45, 2.75) is 6.92 Å². The number of imide groups is 2. The standard InChI is InChI=1S/C21H19IN2O6/c1-4-30-14-7-5-13(6-8-14)24-20(26)15(19(25)23-21(24)27)9-12-10-16(22)18(29-3)17(11-12)28-2/h5-11H,4H2,1-3H3,(H,23,25,27). The van der Waals surface area contributed by atoms with Crippen molar-refractivity contribution in [1.82, 2.24) is 5.32 Å². The van der Waals surface area contributed by atoms with Crippen molar-refractivity contribution in [2.75, 3.05) is 25.7 Å². The van der Waals surface area contributed by atoms with Gasteiger partial charge in [0.15, 0.2) is 11.5 Å². The Morgan fingerprint density at radius 1 is 1.07 bits per heavy atom. The number of nitrogens with zero attached hydrogens (tertiary/aromatic N) is 1.